The molecule has 7 heteroatoms. The summed E-state index contributed by atoms with van der Waals surface area (Å²) in [5, 5.41) is 3.49. The molecule has 5 nitrogen and oxygen atoms in total. The van der Waals surface area contributed by atoms with Crippen LogP contribution in [0.3, 0.4) is 0 Å². The molecular formula is C54H54IrN4OSi-2. The largest absolute Gasteiger partial charge is 0.486 e. The van der Waals surface area contributed by atoms with E-state index in [1.165, 1.54) is 27.4 Å². The number of benzene rings is 5. The van der Waals surface area contributed by atoms with Crippen molar-refractivity contribution in [2.24, 2.45) is 5.41 Å². The molecule has 0 spiro atoms. The maximum atomic E-state index is 6.38. The van der Waals surface area contributed by atoms with E-state index in [1.54, 1.807) is 0 Å². The van der Waals surface area contributed by atoms with Gasteiger partial charge < -0.3 is 14.0 Å². The van der Waals surface area contributed by atoms with Crippen molar-refractivity contribution >= 4 is 46.4 Å². The summed E-state index contributed by atoms with van der Waals surface area (Å²) in [7, 11) is -1.37. The second kappa shape index (κ2) is 17.1. The van der Waals surface area contributed by atoms with Gasteiger partial charge in [-0.1, -0.05) is 132 Å². The summed E-state index contributed by atoms with van der Waals surface area (Å²) in [4.78, 5) is 14.5. The van der Waals surface area contributed by atoms with Crippen molar-refractivity contribution < 1.29 is 24.5 Å². The van der Waals surface area contributed by atoms with Crippen LogP contribution in [0.15, 0.2) is 138 Å². The smallest absolute Gasteiger partial charge is 0.216 e. The van der Waals surface area contributed by atoms with E-state index in [9.17, 15) is 0 Å². The van der Waals surface area contributed by atoms with Crippen LogP contribution in [-0.2, 0) is 31.9 Å². The van der Waals surface area contributed by atoms with Crippen LogP contribution in [0, 0.1) is 24.5 Å². The van der Waals surface area contributed by atoms with Gasteiger partial charge in [-0.3, -0.25) is 4.98 Å². The van der Waals surface area contributed by atoms with E-state index in [0.717, 1.165) is 67.8 Å². The van der Waals surface area contributed by atoms with Gasteiger partial charge in [0.1, 0.15) is 0 Å². The molecule has 61 heavy (non-hydrogen) atoms. The average molecular weight is 995 g/mol. The third-order valence-electron chi connectivity index (χ3n) is 10.9. The molecular weight excluding hydrogens is 941 g/mol. The molecule has 0 saturated heterocycles. The Hall–Kier alpha value is -5.46. The number of aryl methyl sites for hydroxylation is 1. The first-order valence-corrected chi connectivity index (χ1v) is 24.4. The first-order chi connectivity index (χ1) is 28.5. The zero-order valence-corrected chi connectivity index (χ0v) is 40.3. The summed E-state index contributed by atoms with van der Waals surface area (Å²) < 4.78 is 8.65. The van der Waals surface area contributed by atoms with E-state index in [1.807, 2.05) is 49.4 Å². The summed E-state index contributed by atoms with van der Waals surface area (Å²) >= 11 is 0. The Kier molecular flexibility index (Phi) is 12.2. The van der Waals surface area contributed by atoms with E-state index < -0.39 is 8.07 Å². The van der Waals surface area contributed by atoms with Crippen molar-refractivity contribution in [2.75, 3.05) is 0 Å². The number of aromatic nitrogens is 4. The molecule has 0 aliphatic heterocycles. The van der Waals surface area contributed by atoms with Crippen LogP contribution in [0.25, 0.3) is 72.6 Å². The summed E-state index contributed by atoms with van der Waals surface area (Å²) in [6.45, 7) is 22.9. The molecule has 0 bridgehead atoms. The molecule has 0 saturated carbocycles. The Labute approximate surface area is 375 Å². The van der Waals surface area contributed by atoms with Crippen molar-refractivity contribution in [2.45, 2.75) is 79.9 Å². The molecule has 4 aromatic heterocycles. The first-order valence-electron chi connectivity index (χ1n) is 20.9. The molecule has 311 valence electrons. The monoisotopic (exact) mass is 995 g/mol. The number of para-hydroxylation sites is 2. The Morgan fingerprint density at radius 3 is 2.15 bits per heavy atom. The zero-order valence-electron chi connectivity index (χ0n) is 36.9. The van der Waals surface area contributed by atoms with Crippen LogP contribution in [0.1, 0.15) is 58.4 Å². The number of hydrogen-bond acceptors (Lipinski definition) is 4. The predicted octanol–water partition coefficient (Wildman–Crippen LogP) is 13.7. The van der Waals surface area contributed by atoms with Crippen molar-refractivity contribution in [1.82, 2.24) is 19.5 Å². The number of imidazole rings is 1. The van der Waals surface area contributed by atoms with Crippen LogP contribution in [0.4, 0.5) is 0 Å². The molecule has 1 radical (unpaired) electrons. The molecule has 0 fully saturated rings. The Morgan fingerprint density at radius 1 is 0.705 bits per heavy atom. The molecule has 0 amide bonds. The van der Waals surface area contributed by atoms with Crippen molar-refractivity contribution in [1.29, 1.82) is 0 Å². The van der Waals surface area contributed by atoms with Crippen molar-refractivity contribution in [3.8, 4) is 39.5 Å². The minimum absolute atomic E-state index is 0. The van der Waals surface area contributed by atoms with Gasteiger partial charge in [-0.2, -0.15) is 0 Å². The summed E-state index contributed by atoms with van der Waals surface area (Å²) in [5.74, 6) is 0.801. The van der Waals surface area contributed by atoms with Crippen molar-refractivity contribution in [3.63, 3.8) is 0 Å². The van der Waals surface area contributed by atoms with Gasteiger partial charge in [-0.25, -0.2) is 4.98 Å². The Balaban J connectivity index is 0.000000217. The second-order valence-corrected chi connectivity index (χ2v) is 24.1. The van der Waals surface area contributed by atoms with Crippen LogP contribution in [0.2, 0.25) is 19.6 Å². The van der Waals surface area contributed by atoms with Gasteiger partial charge in [0.15, 0.2) is 0 Å². The normalized spacial score (nSPS) is 12.0. The van der Waals surface area contributed by atoms with Crippen LogP contribution in [0.5, 0.6) is 0 Å². The van der Waals surface area contributed by atoms with Gasteiger partial charge in [0.05, 0.1) is 30.5 Å². The van der Waals surface area contributed by atoms with Gasteiger partial charge in [0.2, 0.25) is 5.71 Å². The molecule has 0 aliphatic rings. The fourth-order valence-corrected chi connectivity index (χ4v) is 9.63. The van der Waals surface area contributed by atoms with E-state index in [0.29, 0.717) is 5.71 Å². The predicted molar refractivity (Wildman–Crippen MR) is 254 cm³/mol. The molecule has 0 N–H and O–H groups in total. The van der Waals surface area contributed by atoms with Gasteiger partial charge in [-0.05, 0) is 88.1 Å². The van der Waals surface area contributed by atoms with E-state index in [4.69, 9.17) is 14.4 Å². The minimum Gasteiger partial charge on any atom is -0.486 e. The average Bonchev–Trinajstić information content (AvgIpc) is 3.78. The fourth-order valence-electron chi connectivity index (χ4n) is 8.05. The maximum absolute atomic E-state index is 6.38. The van der Waals surface area contributed by atoms with Gasteiger partial charge in [0, 0.05) is 43.1 Å². The maximum Gasteiger partial charge on any atom is 0.216 e. The number of rotatable bonds is 6. The summed E-state index contributed by atoms with van der Waals surface area (Å²) in [6, 6.07) is 50.8. The third-order valence-corrected chi connectivity index (χ3v) is 12.9. The molecule has 0 atom stereocenters. The number of furan rings is 1. The first kappa shape index (κ1) is 43.6. The SMILES string of the molecule is CC(C)(C)Cc1cc(-c2[c-]cccc2)ncc1[Si](C)(C)C.Cc1ccc2c(n1)oc1c(-c3nc4ccccc4n3-c3ccc(-c4ccccc4)cc3C(C)(C)C)[c-]ccc12.[Ir]. The van der Waals surface area contributed by atoms with Crippen LogP contribution in [-0.4, -0.2) is 27.6 Å². The zero-order chi connectivity index (χ0) is 42.4. The van der Waals surface area contributed by atoms with Gasteiger partial charge in [-0.15, -0.1) is 54.1 Å². The van der Waals surface area contributed by atoms with Crippen LogP contribution >= 0.6 is 0 Å². The van der Waals surface area contributed by atoms with Gasteiger partial charge in [0.25, 0.3) is 0 Å². The van der Waals surface area contributed by atoms with E-state index >= 15 is 0 Å². The number of nitrogens with zero attached hydrogens (tertiary/aromatic N) is 4. The quantitative estimate of drug-likeness (QED) is 0.123. The van der Waals surface area contributed by atoms with Crippen molar-refractivity contribution in [3.05, 3.63) is 163 Å². The van der Waals surface area contributed by atoms with E-state index in [2.05, 4.69) is 174 Å². The molecule has 5 aromatic carbocycles. The fraction of sp³-hybridized carbons (Fsp3) is 0.241. The van der Waals surface area contributed by atoms with Crippen LogP contribution < -0.4 is 5.19 Å². The standard InChI is InChI=1S/C35H28N3O.C19H26NSi.Ir/c1-22-17-19-26-25-13-10-14-27(32(25)39-34(26)36-22)33-37-29-15-8-9-16-31(29)38(33)30-20-18-24(21-28(30)35(2,3)4)23-11-6-5-7-12-23;1-19(2,3)13-16-12-17(15-10-8-7-9-11-15)20-14-18(16)21(4,5)6;/h5-13,15-21H,1-4H3;7-10,12,14H,13H2,1-6H3;/q2*-1;. The number of fused-ring (bicyclic) bond motifs is 4. The van der Waals surface area contributed by atoms with Gasteiger partial charge >= 0.3 is 0 Å². The summed E-state index contributed by atoms with van der Waals surface area (Å²) in [5.41, 5.74) is 13.6. The molecule has 0 aliphatic carbocycles. The molecule has 0 unspecified atom stereocenters. The minimum atomic E-state index is -1.37. The third kappa shape index (κ3) is 9.25. The molecule has 9 aromatic rings. The number of pyridine rings is 2. The second-order valence-electron chi connectivity index (χ2n) is 19.1. The Bertz CT molecular complexity index is 2970. The number of hydrogen-bond donors (Lipinski definition) is 0. The topological polar surface area (TPSA) is 56.7 Å². The Morgan fingerprint density at radius 2 is 1.44 bits per heavy atom. The molecule has 9 rings (SSSR count). The molecule has 4 heterocycles. The summed E-state index contributed by atoms with van der Waals surface area (Å²) in [6.07, 6.45) is 3.21. The van der Waals surface area contributed by atoms with E-state index in [-0.39, 0.29) is 30.9 Å².